The first-order valence-electron chi connectivity index (χ1n) is 8.58. The highest BCUT2D eigenvalue weighted by Crippen LogP contribution is 2.33. The van der Waals surface area contributed by atoms with Gasteiger partial charge in [-0.25, -0.2) is 9.37 Å². The molecule has 6 nitrogen and oxygen atoms in total. The highest BCUT2D eigenvalue weighted by atomic mass is 19.1. The quantitative estimate of drug-likeness (QED) is 0.667. The second-order valence-corrected chi connectivity index (χ2v) is 5.90. The molecule has 0 bridgehead atoms. The third-order valence-electron chi connectivity index (χ3n) is 3.90. The van der Waals surface area contributed by atoms with Gasteiger partial charge in [0.25, 0.3) is 0 Å². The summed E-state index contributed by atoms with van der Waals surface area (Å²) in [6, 6.07) is 15.1. The lowest BCUT2D eigenvalue weighted by molar-refractivity contribution is -0.119. The van der Waals surface area contributed by atoms with Crippen molar-refractivity contribution in [2.75, 3.05) is 13.2 Å². The zero-order valence-electron chi connectivity index (χ0n) is 15.1. The van der Waals surface area contributed by atoms with Crippen LogP contribution in [0.5, 0.6) is 5.88 Å². The van der Waals surface area contributed by atoms with E-state index in [1.807, 2.05) is 6.07 Å². The summed E-state index contributed by atoms with van der Waals surface area (Å²) in [6.45, 7) is 1.84. The number of amides is 1. The highest BCUT2D eigenvalue weighted by Gasteiger charge is 2.17. The van der Waals surface area contributed by atoms with Gasteiger partial charge in [-0.15, -0.1) is 0 Å². The normalized spacial score (nSPS) is 10.2. The number of aromatic nitrogens is 2. The molecule has 0 aliphatic rings. The first-order valence-corrected chi connectivity index (χ1v) is 8.58. The van der Waals surface area contributed by atoms with Gasteiger partial charge in [0.1, 0.15) is 24.1 Å². The molecule has 0 spiro atoms. The lowest BCUT2D eigenvalue weighted by Gasteiger charge is -2.13. The van der Waals surface area contributed by atoms with Crippen molar-refractivity contribution >= 4 is 5.91 Å². The van der Waals surface area contributed by atoms with E-state index in [1.54, 1.807) is 36.5 Å². The van der Waals surface area contributed by atoms with E-state index in [1.165, 1.54) is 19.1 Å². The van der Waals surface area contributed by atoms with Crippen LogP contribution in [0.25, 0.3) is 22.5 Å². The monoisotopic (exact) mass is 376 g/mol. The second-order valence-electron chi connectivity index (χ2n) is 5.90. The Bertz CT molecular complexity index is 1020. The lowest BCUT2D eigenvalue weighted by atomic mass is 10.00. The fraction of sp³-hybridized carbons (Fsp3) is 0.143. The van der Waals surface area contributed by atoms with Gasteiger partial charge in [-0.1, -0.05) is 18.2 Å². The summed E-state index contributed by atoms with van der Waals surface area (Å²) in [5.74, 6) is -0.408. The standard InChI is InChI=1S/C21H17FN4O2/c1-14(27)24-10-11-28-21-18(13-23)17(15-5-7-16(22)8-6-15)12-20(26-21)19-4-2-3-9-25-19/h2-9,12H,10-11H2,1H3,(H,24,27). The molecule has 0 aliphatic heterocycles. The molecule has 2 heterocycles. The lowest BCUT2D eigenvalue weighted by Crippen LogP contribution is -2.25. The van der Waals surface area contributed by atoms with E-state index in [9.17, 15) is 14.4 Å². The molecule has 0 unspecified atom stereocenters. The maximum absolute atomic E-state index is 13.3. The van der Waals surface area contributed by atoms with Crippen molar-refractivity contribution < 1.29 is 13.9 Å². The molecule has 0 saturated heterocycles. The maximum Gasteiger partial charge on any atom is 0.233 e. The number of hydrogen-bond acceptors (Lipinski definition) is 5. The van der Waals surface area contributed by atoms with E-state index in [0.29, 0.717) is 22.5 Å². The van der Waals surface area contributed by atoms with Gasteiger partial charge < -0.3 is 10.1 Å². The number of nitrogens with one attached hydrogen (secondary N) is 1. The predicted molar refractivity (Wildman–Crippen MR) is 102 cm³/mol. The molecule has 0 fully saturated rings. The highest BCUT2D eigenvalue weighted by molar-refractivity contribution is 5.77. The Morgan fingerprint density at radius 1 is 1.21 bits per heavy atom. The van der Waals surface area contributed by atoms with E-state index < -0.39 is 0 Å². The molecule has 1 amide bonds. The molecule has 1 N–H and O–H groups in total. The van der Waals surface area contributed by atoms with Crippen molar-refractivity contribution in [3.63, 3.8) is 0 Å². The summed E-state index contributed by atoms with van der Waals surface area (Å²) in [7, 11) is 0. The molecule has 0 atom stereocenters. The fourth-order valence-corrected chi connectivity index (χ4v) is 2.61. The van der Waals surface area contributed by atoms with Crippen LogP contribution in [-0.4, -0.2) is 29.0 Å². The first-order chi connectivity index (χ1) is 13.6. The van der Waals surface area contributed by atoms with Crippen LogP contribution in [0.3, 0.4) is 0 Å². The van der Waals surface area contributed by atoms with Crippen LogP contribution in [0.4, 0.5) is 4.39 Å². The number of rotatable bonds is 6. The molecule has 0 radical (unpaired) electrons. The Morgan fingerprint density at radius 3 is 2.64 bits per heavy atom. The Balaban J connectivity index is 2.06. The Hall–Kier alpha value is -3.79. The molecule has 28 heavy (non-hydrogen) atoms. The summed E-state index contributed by atoms with van der Waals surface area (Å²) in [5.41, 5.74) is 2.58. The van der Waals surface area contributed by atoms with Crippen molar-refractivity contribution in [2.45, 2.75) is 6.92 Å². The zero-order valence-corrected chi connectivity index (χ0v) is 15.1. The van der Waals surface area contributed by atoms with Crippen molar-refractivity contribution in [3.8, 4) is 34.5 Å². The van der Waals surface area contributed by atoms with Crippen LogP contribution >= 0.6 is 0 Å². The number of nitriles is 1. The van der Waals surface area contributed by atoms with Crippen LogP contribution in [-0.2, 0) is 4.79 Å². The fourth-order valence-electron chi connectivity index (χ4n) is 2.61. The SMILES string of the molecule is CC(=O)NCCOc1nc(-c2ccccn2)cc(-c2ccc(F)cc2)c1C#N. The summed E-state index contributed by atoms with van der Waals surface area (Å²) in [5, 5.41) is 12.3. The summed E-state index contributed by atoms with van der Waals surface area (Å²) < 4.78 is 19.0. The predicted octanol–water partition coefficient (Wildman–Crippen LogP) is 3.34. The minimum Gasteiger partial charge on any atom is -0.475 e. The molecule has 3 aromatic rings. The zero-order chi connectivity index (χ0) is 19.9. The molecule has 1 aromatic carbocycles. The summed E-state index contributed by atoms with van der Waals surface area (Å²) >= 11 is 0. The van der Waals surface area contributed by atoms with Crippen molar-refractivity contribution in [3.05, 3.63) is 66.1 Å². The molecule has 7 heteroatoms. The number of ether oxygens (including phenoxy) is 1. The van der Waals surface area contributed by atoms with E-state index in [-0.39, 0.29) is 36.3 Å². The number of pyridine rings is 2. The smallest absolute Gasteiger partial charge is 0.233 e. The third kappa shape index (κ3) is 4.48. The molecular weight excluding hydrogens is 359 g/mol. The average Bonchev–Trinajstić information content (AvgIpc) is 2.71. The Morgan fingerprint density at radius 2 is 2.00 bits per heavy atom. The van der Waals surface area contributed by atoms with Crippen LogP contribution in [0, 0.1) is 17.1 Å². The van der Waals surface area contributed by atoms with Gasteiger partial charge in [0.15, 0.2) is 0 Å². The van der Waals surface area contributed by atoms with E-state index >= 15 is 0 Å². The minimum atomic E-state index is -0.368. The number of hydrogen-bond donors (Lipinski definition) is 1. The Labute approximate surface area is 161 Å². The molecule has 2 aromatic heterocycles. The Kier molecular flexibility index (Phi) is 5.92. The van der Waals surface area contributed by atoms with Gasteiger partial charge in [-0.3, -0.25) is 9.78 Å². The number of carbonyl (C=O) groups is 1. The van der Waals surface area contributed by atoms with Crippen LogP contribution in [0.2, 0.25) is 0 Å². The van der Waals surface area contributed by atoms with Gasteiger partial charge in [0.05, 0.1) is 17.9 Å². The van der Waals surface area contributed by atoms with Gasteiger partial charge in [0, 0.05) is 18.7 Å². The van der Waals surface area contributed by atoms with E-state index in [0.717, 1.165) is 0 Å². The largest absolute Gasteiger partial charge is 0.475 e. The summed E-state index contributed by atoms with van der Waals surface area (Å²) in [6.07, 6.45) is 1.64. The van der Waals surface area contributed by atoms with Crippen LogP contribution in [0.1, 0.15) is 12.5 Å². The molecule has 0 saturated carbocycles. The third-order valence-corrected chi connectivity index (χ3v) is 3.90. The van der Waals surface area contributed by atoms with Gasteiger partial charge in [0.2, 0.25) is 11.8 Å². The van der Waals surface area contributed by atoms with Crippen molar-refractivity contribution in [2.24, 2.45) is 0 Å². The number of halogens is 1. The number of nitrogens with zero attached hydrogens (tertiary/aromatic N) is 3. The maximum atomic E-state index is 13.3. The minimum absolute atomic E-state index is 0.135. The van der Waals surface area contributed by atoms with Gasteiger partial charge in [-0.2, -0.15) is 5.26 Å². The van der Waals surface area contributed by atoms with Crippen LogP contribution < -0.4 is 10.1 Å². The van der Waals surface area contributed by atoms with E-state index in [4.69, 9.17) is 4.74 Å². The topological polar surface area (TPSA) is 87.9 Å². The molecule has 3 rings (SSSR count). The molecular formula is C21H17FN4O2. The second kappa shape index (κ2) is 8.73. The summed E-state index contributed by atoms with van der Waals surface area (Å²) in [4.78, 5) is 19.7. The molecule has 140 valence electrons. The van der Waals surface area contributed by atoms with Gasteiger partial charge >= 0.3 is 0 Å². The van der Waals surface area contributed by atoms with Gasteiger partial charge in [-0.05, 0) is 35.9 Å². The van der Waals surface area contributed by atoms with Crippen molar-refractivity contribution in [1.29, 1.82) is 5.26 Å². The molecule has 0 aliphatic carbocycles. The van der Waals surface area contributed by atoms with Crippen LogP contribution in [0.15, 0.2) is 54.7 Å². The first kappa shape index (κ1) is 19.0. The number of carbonyl (C=O) groups excluding carboxylic acids is 1. The average molecular weight is 376 g/mol. The van der Waals surface area contributed by atoms with Crippen molar-refractivity contribution in [1.82, 2.24) is 15.3 Å². The number of benzene rings is 1. The van der Waals surface area contributed by atoms with E-state index in [2.05, 4.69) is 21.4 Å².